The second kappa shape index (κ2) is 4.61. The Labute approximate surface area is 101 Å². The van der Waals surface area contributed by atoms with Gasteiger partial charge < -0.3 is 5.73 Å². The Morgan fingerprint density at radius 2 is 1.94 bits per heavy atom. The number of hydrogen-bond acceptors (Lipinski definition) is 3. The predicted molar refractivity (Wildman–Crippen MR) is 66.1 cm³/mol. The van der Waals surface area contributed by atoms with Crippen molar-refractivity contribution in [3.8, 4) is 0 Å². The van der Waals surface area contributed by atoms with Gasteiger partial charge in [-0.3, -0.25) is 0 Å². The van der Waals surface area contributed by atoms with Crippen molar-refractivity contribution in [2.45, 2.75) is 31.7 Å². The molecule has 6 heteroatoms. The summed E-state index contributed by atoms with van der Waals surface area (Å²) in [5.41, 5.74) is 6.56. The molecule has 1 rings (SSSR count). The van der Waals surface area contributed by atoms with Crippen LogP contribution in [0.5, 0.6) is 0 Å². The Morgan fingerprint density at radius 3 is 2.44 bits per heavy atom. The number of sulfonamides is 1. The fourth-order valence-corrected chi connectivity index (χ4v) is 3.17. The number of nitrogens with two attached hydrogens (primary N) is 1. The van der Waals surface area contributed by atoms with E-state index in [2.05, 4.69) is 4.72 Å². The highest BCUT2D eigenvalue weighted by Crippen LogP contribution is 2.25. The first-order valence-corrected chi connectivity index (χ1v) is 6.68. The average Bonchev–Trinajstić information content (AvgIpc) is 2.08. The van der Waals surface area contributed by atoms with E-state index in [0.29, 0.717) is 16.3 Å². The lowest BCUT2D eigenvalue weighted by Gasteiger charge is -2.13. The zero-order valence-corrected chi connectivity index (χ0v) is 11.0. The molecular formula is C10H15ClN2O2S. The molecule has 0 saturated heterocycles. The maximum Gasteiger partial charge on any atom is 0.241 e. The maximum absolute atomic E-state index is 11.9. The highest BCUT2D eigenvalue weighted by molar-refractivity contribution is 7.89. The number of anilines is 1. The molecule has 16 heavy (non-hydrogen) atoms. The van der Waals surface area contributed by atoms with Crippen molar-refractivity contribution in [2.24, 2.45) is 0 Å². The SMILES string of the molecule is Cc1c(N)cc(Cl)cc1S(=O)(=O)NC(C)C. The molecule has 1 aromatic rings. The minimum absolute atomic E-state index is 0.131. The molecule has 1 aromatic carbocycles. The first-order chi connectivity index (χ1) is 7.24. The maximum atomic E-state index is 11.9. The molecule has 0 bridgehead atoms. The van der Waals surface area contributed by atoms with Crippen molar-refractivity contribution >= 4 is 27.3 Å². The molecule has 0 aliphatic rings. The van der Waals surface area contributed by atoms with E-state index in [0.717, 1.165) is 0 Å². The molecular weight excluding hydrogens is 248 g/mol. The van der Waals surface area contributed by atoms with Gasteiger partial charge in [0.15, 0.2) is 0 Å². The largest absolute Gasteiger partial charge is 0.398 e. The van der Waals surface area contributed by atoms with Crippen LogP contribution >= 0.6 is 11.6 Å². The van der Waals surface area contributed by atoms with Crippen LogP contribution in [0, 0.1) is 6.92 Å². The van der Waals surface area contributed by atoms with Gasteiger partial charge in [-0.15, -0.1) is 0 Å². The van der Waals surface area contributed by atoms with Crippen LogP contribution in [-0.4, -0.2) is 14.5 Å². The average molecular weight is 263 g/mol. The molecule has 0 heterocycles. The third-order valence-corrected chi connectivity index (χ3v) is 4.05. The van der Waals surface area contributed by atoms with Gasteiger partial charge in [-0.05, 0) is 38.5 Å². The highest BCUT2D eigenvalue weighted by Gasteiger charge is 2.19. The summed E-state index contributed by atoms with van der Waals surface area (Å²) in [4.78, 5) is 0.131. The fourth-order valence-electron chi connectivity index (χ4n) is 1.33. The van der Waals surface area contributed by atoms with Crippen molar-refractivity contribution < 1.29 is 8.42 Å². The smallest absolute Gasteiger partial charge is 0.241 e. The monoisotopic (exact) mass is 262 g/mol. The molecule has 0 amide bonds. The summed E-state index contributed by atoms with van der Waals surface area (Å²) in [5, 5.41) is 0.312. The second-order valence-electron chi connectivity index (χ2n) is 3.89. The minimum Gasteiger partial charge on any atom is -0.398 e. The van der Waals surface area contributed by atoms with Crippen LogP contribution in [0.2, 0.25) is 5.02 Å². The molecule has 0 aromatic heterocycles. The van der Waals surface area contributed by atoms with E-state index in [-0.39, 0.29) is 10.9 Å². The Hall–Kier alpha value is -0.780. The number of rotatable bonds is 3. The molecule has 0 spiro atoms. The number of nitrogen functional groups attached to an aromatic ring is 1. The molecule has 0 saturated carbocycles. The minimum atomic E-state index is -3.55. The third kappa shape index (κ3) is 2.87. The summed E-state index contributed by atoms with van der Waals surface area (Å²) in [6.45, 7) is 5.15. The number of hydrogen-bond donors (Lipinski definition) is 2. The van der Waals surface area contributed by atoms with Gasteiger partial charge in [0.05, 0.1) is 4.90 Å². The van der Waals surface area contributed by atoms with Gasteiger partial charge in [-0.1, -0.05) is 11.6 Å². The van der Waals surface area contributed by atoms with Crippen molar-refractivity contribution in [1.82, 2.24) is 4.72 Å². The van der Waals surface area contributed by atoms with Crippen molar-refractivity contribution in [3.05, 3.63) is 22.7 Å². The van der Waals surface area contributed by atoms with E-state index in [4.69, 9.17) is 17.3 Å². The second-order valence-corrected chi connectivity index (χ2v) is 6.01. The first kappa shape index (κ1) is 13.3. The molecule has 0 atom stereocenters. The summed E-state index contributed by atoms with van der Waals surface area (Å²) >= 11 is 5.79. The molecule has 90 valence electrons. The molecule has 0 aliphatic heterocycles. The quantitative estimate of drug-likeness (QED) is 0.818. The van der Waals surface area contributed by atoms with Gasteiger partial charge in [-0.25, -0.2) is 13.1 Å². The molecule has 4 nitrogen and oxygen atoms in total. The molecule has 0 fully saturated rings. The van der Waals surface area contributed by atoms with E-state index in [9.17, 15) is 8.42 Å². The van der Waals surface area contributed by atoms with Crippen molar-refractivity contribution in [1.29, 1.82) is 0 Å². The third-order valence-electron chi connectivity index (χ3n) is 2.05. The van der Waals surface area contributed by atoms with Crippen LogP contribution in [0.1, 0.15) is 19.4 Å². The topological polar surface area (TPSA) is 72.2 Å². The van der Waals surface area contributed by atoms with Gasteiger partial charge in [-0.2, -0.15) is 0 Å². The Kier molecular flexibility index (Phi) is 3.83. The standard InChI is InChI=1S/C10H15ClN2O2S/c1-6(2)13-16(14,15)10-5-8(11)4-9(12)7(10)3/h4-6,13H,12H2,1-3H3. The lowest BCUT2D eigenvalue weighted by Crippen LogP contribution is -2.30. The van der Waals surface area contributed by atoms with Gasteiger partial charge in [0, 0.05) is 16.8 Å². The molecule has 0 radical (unpaired) electrons. The Bertz CT molecular complexity index is 498. The summed E-state index contributed by atoms with van der Waals surface area (Å²) < 4.78 is 26.4. The Balaban J connectivity index is 3.33. The summed E-state index contributed by atoms with van der Waals surface area (Å²) in [6, 6.07) is 2.76. The lowest BCUT2D eigenvalue weighted by atomic mass is 10.2. The number of nitrogens with one attached hydrogen (secondary N) is 1. The van der Waals surface area contributed by atoms with Crippen LogP contribution in [0.15, 0.2) is 17.0 Å². The van der Waals surface area contributed by atoms with Crippen molar-refractivity contribution in [2.75, 3.05) is 5.73 Å². The van der Waals surface area contributed by atoms with Crippen LogP contribution < -0.4 is 10.5 Å². The van der Waals surface area contributed by atoms with Crippen LogP contribution in [0.3, 0.4) is 0 Å². The van der Waals surface area contributed by atoms with E-state index >= 15 is 0 Å². The summed E-state index contributed by atoms with van der Waals surface area (Å²) in [7, 11) is -3.55. The molecule has 0 aliphatic carbocycles. The van der Waals surface area contributed by atoms with Gasteiger partial charge in [0.25, 0.3) is 0 Å². The van der Waals surface area contributed by atoms with Gasteiger partial charge in [0.1, 0.15) is 0 Å². The molecule has 0 unspecified atom stereocenters. The van der Waals surface area contributed by atoms with Gasteiger partial charge >= 0.3 is 0 Å². The predicted octanol–water partition coefficient (Wildman–Crippen LogP) is 1.92. The lowest BCUT2D eigenvalue weighted by molar-refractivity contribution is 0.569. The summed E-state index contributed by atoms with van der Waals surface area (Å²) in [6.07, 6.45) is 0. The van der Waals surface area contributed by atoms with E-state index in [1.54, 1.807) is 20.8 Å². The zero-order valence-electron chi connectivity index (χ0n) is 9.41. The van der Waals surface area contributed by atoms with E-state index < -0.39 is 10.0 Å². The number of halogens is 1. The first-order valence-electron chi connectivity index (χ1n) is 4.82. The van der Waals surface area contributed by atoms with Crippen LogP contribution in [-0.2, 0) is 10.0 Å². The number of benzene rings is 1. The fraction of sp³-hybridized carbons (Fsp3) is 0.400. The van der Waals surface area contributed by atoms with Crippen molar-refractivity contribution in [3.63, 3.8) is 0 Å². The highest BCUT2D eigenvalue weighted by atomic mass is 35.5. The molecule has 3 N–H and O–H groups in total. The van der Waals surface area contributed by atoms with E-state index in [1.807, 2.05) is 0 Å². The summed E-state index contributed by atoms with van der Waals surface area (Å²) in [5.74, 6) is 0. The van der Waals surface area contributed by atoms with E-state index in [1.165, 1.54) is 12.1 Å². The van der Waals surface area contributed by atoms with Crippen LogP contribution in [0.4, 0.5) is 5.69 Å². The van der Waals surface area contributed by atoms with Gasteiger partial charge in [0.2, 0.25) is 10.0 Å². The normalized spacial score (nSPS) is 12.1. The Morgan fingerprint density at radius 1 is 1.38 bits per heavy atom. The zero-order chi connectivity index (χ0) is 12.5. The van der Waals surface area contributed by atoms with Crippen LogP contribution in [0.25, 0.3) is 0 Å².